The van der Waals surface area contributed by atoms with Crippen molar-refractivity contribution >= 4 is 34.8 Å². The largest absolute Gasteiger partial charge is 0.480 e. The quantitative estimate of drug-likeness (QED) is 0.885. The average Bonchev–Trinajstić information content (AvgIpc) is 2.48. The van der Waals surface area contributed by atoms with E-state index in [2.05, 4.69) is 10.3 Å². The van der Waals surface area contributed by atoms with E-state index in [1.54, 1.807) is 24.4 Å². The minimum absolute atomic E-state index is 0.197. The molecule has 0 unspecified atom stereocenters. The minimum Gasteiger partial charge on any atom is -0.480 e. The number of nitrogens with zero attached hydrogens (tertiary/aromatic N) is 1. The summed E-state index contributed by atoms with van der Waals surface area (Å²) in [7, 11) is 1.43. The lowest BCUT2D eigenvalue weighted by atomic mass is 10.2. The highest BCUT2D eigenvalue weighted by Crippen LogP contribution is 2.23. The van der Waals surface area contributed by atoms with E-state index in [4.69, 9.17) is 33.7 Å². The van der Waals surface area contributed by atoms with Gasteiger partial charge < -0.3 is 15.8 Å². The molecule has 3 N–H and O–H groups in total. The van der Waals surface area contributed by atoms with E-state index in [9.17, 15) is 4.79 Å². The lowest BCUT2D eigenvalue weighted by molar-refractivity contribution is 0.0996. The maximum Gasteiger partial charge on any atom is 0.254 e. The Kier molecular flexibility index (Phi) is 4.88. The van der Waals surface area contributed by atoms with E-state index >= 15 is 0 Å². The summed E-state index contributed by atoms with van der Waals surface area (Å²) in [6.07, 6.45) is 1.56. The second-order valence-corrected chi connectivity index (χ2v) is 5.06. The molecule has 0 aliphatic carbocycles. The fraction of sp³-hybridized carbons (Fsp3) is 0.143. The van der Waals surface area contributed by atoms with Crippen molar-refractivity contribution in [3.05, 3.63) is 51.6 Å². The van der Waals surface area contributed by atoms with Crippen molar-refractivity contribution in [1.82, 2.24) is 4.98 Å². The predicted molar refractivity (Wildman–Crippen MR) is 83.1 cm³/mol. The summed E-state index contributed by atoms with van der Waals surface area (Å²) in [6, 6.07) is 6.93. The van der Waals surface area contributed by atoms with Gasteiger partial charge in [-0.2, -0.15) is 0 Å². The fourth-order valence-corrected chi connectivity index (χ4v) is 2.06. The molecule has 2 aromatic rings. The Balaban J connectivity index is 2.14. The number of ether oxygens (including phenoxy) is 1. The lowest BCUT2D eigenvalue weighted by Crippen LogP contribution is -2.14. The molecule has 0 saturated carbocycles. The summed E-state index contributed by atoms with van der Waals surface area (Å²) >= 11 is 11.8. The monoisotopic (exact) mass is 325 g/mol. The molecule has 0 saturated heterocycles. The molecule has 0 atom stereocenters. The number of anilines is 1. The Hall–Kier alpha value is -1.98. The number of amides is 1. The van der Waals surface area contributed by atoms with Gasteiger partial charge in [0.15, 0.2) is 0 Å². The molecule has 7 heteroatoms. The van der Waals surface area contributed by atoms with Gasteiger partial charge in [-0.15, -0.1) is 0 Å². The molecule has 0 spiro atoms. The number of hydrogen-bond acceptors (Lipinski definition) is 4. The molecule has 5 nitrogen and oxygen atoms in total. The van der Waals surface area contributed by atoms with Crippen molar-refractivity contribution in [2.45, 2.75) is 6.54 Å². The Labute approximate surface area is 132 Å². The van der Waals surface area contributed by atoms with Crippen molar-refractivity contribution in [3.8, 4) is 5.88 Å². The first-order valence-corrected chi connectivity index (χ1v) is 6.78. The van der Waals surface area contributed by atoms with E-state index in [0.29, 0.717) is 22.3 Å². The minimum atomic E-state index is -0.600. The number of carbonyl (C=O) groups excluding carboxylic acids is 1. The van der Waals surface area contributed by atoms with Gasteiger partial charge in [-0.05, 0) is 23.8 Å². The van der Waals surface area contributed by atoms with Gasteiger partial charge in [-0.25, -0.2) is 4.98 Å². The maximum atomic E-state index is 11.3. The van der Waals surface area contributed by atoms with Crippen molar-refractivity contribution in [2.75, 3.05) is 12.4 Å². The third-order valence-corrected chi connectivity index (χ3v) is 3.53. The van der Waals surface area contributed by atoms with E-state index in [1.807, 2.05) is 6.07 Å². The molecular weight excluding hydrogens is 313 g/mol. The highest BCUT2D eigenvalue weighted by molar-refractivity contribution is 6.42. The second-order valence-electron chi connectivity index (χ2n) is 4.25. The zero-order chi connectivity index (χ0) is 15.4. The molecular formula is C14H13Cl2N3O2. The van der Waals surface area contributed by atoms with Crippen molar-refractivity contribution in [1.29, 1.82) is 0 Å². The number of hydrogen-bond donors (Lipinski definition) is 2. The number of halogens is 2. The molecule has 0 fully saturated rings. The van der Waals surface area contributed by atoms with Crippen LogP contribution in [0.2, 0.25) is 10.0 Å². The Morgan fingerprint density at radius 2 is 2.10 bits per heavy atom. The number of carbonyl (C=O) groups is 1. The molecule has 2 rings (SSSR count). The number of primary amides is 1. The number of pyridine rings is 1. The standard InChI is InChI=1S/C14H13Cl2N3O2/c1-21-14-10(13(17)20)5-9(7-19-14)18-6-8-2-3-11(15)12(16)4-8/h2-5,7,18H,6H2,1H3,(H2,17,20). The van der Waals surface area contributed by atoms with Crippen LogP contribution in [0.4, 0.5) is 5.69 Å². The van der Waals surface area contributed by atoms with Crippen LogP contribution in [0, 0.1) is 0 Å². The normalized spacial score (nSPS) is 10.2. The molecule has 0 radical (unpaired) electrons. The van der Waals surface area contributed by atoms with Crippen LogP contribution in [0.15, 0.2) is 30.5 Å². The van der Waals surface area contributed by atoms with Crippen LogP contribution in [0.1, 0.15) is 15.9 Å². The molecule has 110 valence electrons. The second kappa shape index (κ2) is 6.65. The fourth-order valence-electron chi connectivity index (χ4n) is 1.74. The van der Waals surface area contributed by atoms with Crippen LogP contribution in [-0.2, 0) is 6.54 Å². The van der Waals surface area contributed by atoms with Gasteiger partial charge in [0.05, 0.1) is 29.0 Å². The van der Waals surface area contributed by atoms with Crippen molar-refractivity contribution in [3.63, 3.8) is 0 Å². The number of rotatable bonds is 5. The Bertz CT molecular complexity index is 677. The third kappa shape index (κ3) is 3.77. The average molecular weight is 326 g/mol. The van der Waals surface area contributed by atoms with Crippen LogP contribution < -0.4 is 15.8 Å². The van der Waals surface area contributed by atoms with Gasteiger partial charge in [-0.3, -0.25) is 4.79 Å². The molecule has 0 aliphatic heterocycles. The summed E-state index contributed by atoms with van der Waals surface area (Å²) in [5, 5.41) is 4.12. The van der Waals surface area contributed by atoms with Gasteiger partial charge in [0.1, 0.15) is 5.56 Å². The van der Waals surface area contributed by atoms with E-state index in [1.165, 1.54) is 7.11 Å². The zero-order valence-corrected chi connectivity index (χ0v) is 12.7. The lowest BCUT2D eigenvalue weighted by Gasteiger charge is -2.10. The van der Waals surface area contributed by atoms with Crippen molar-refractivity contribution in [2.24, 2.45) is 5.73 Å². The molecule has 21 heavy (non-hydrogen) atoms. The Morgan fingerprint density at radius 1 is 1.33 bits per heavy atom. The van der Waals surface area contributed by atoms with Gasteiger partial charge in [0.25, 0.3) is 5.91 Å². The highest BCUT2D eigenvalue weighted by Gasteiger charge is 2.11. The summed E-state index contributed by atoms with van der Waals surface area (Å²) in [6.45, 7) is 0.503. The topological polar surface area (TPSA) is 77.2 Å². The van der Waals surface area contributed by atoms with Gasteiger partial charge >= 0.3 is 0 Å². The van der Waals surface area contributed by atoms with Gasteiger partial charge in [0, 0.05) is 6.54 Å². The van der Waals surface area contributed by atoms with Crippen molar-refractivity contribution < 1.29 is 9.53 Å². The first-order valence-electron chi connectivity index (χ1n) is 6.03. The Morgan fingerprint density at radius 3 is 2.71 bits per heavy atom. The zero-order valence-electron chi connectivity index (χ0n) is 11.2. The molecule has 0 aliphatic rings. The number of benzene rings is 1. The summed E-state index contributed by atoms with van der Waals surface area (Å²) < 4.78 is 4.98. The molecule has 1 aromatic heterocycles. The van der Waals surface area contributed by atoms with E-state index in [-0.39, 0.29) is 11.4 Å². The predicted octanol–water partition coefficient (Wildman–Crippen LogP) is 3.11. The van der Waals surface area contributed by atoms with E-state index in [0.717, 1.165) is 5.56 Å². The maximum absolute atomic E-state index is 11.3. The first-order chi connectivity index (χ1) is 10.0. The third-order valence-electron chi connectivity index (χ3n) is 2.79. The van der Waals surface area contributed by atoms with Crippen LogP contribution in [0.5, 0.6) is 5.88 Å². The smallest absolute Gasteiger partial charge is 0.254 e. The van der Waals surface area contributed by atoms with Crippen LogP contribution in [0.25, 0.3) is 0 Å². The van der Waals surface area contributed by atoms with Crippen LogP contribution in [0.3, 0.4) is 0 Å². The molecule has 1 heterocycles. The molecule has 1 amide bonds. The van der Waals surface area contributed by atoms with Crippen LogP contribution in [-0.4, -0.2) is 18.0 Å². The van der Waals surface area contributed by atoms with Crippen LogP contribution >= 0.6 is 23.2 Å². The summed E-state index contributed by atoms with van der Waals surface area (Å²) in [5.41, 5.74) is 7.10. The number of methoxy groups -OCH3 is 1. The van der Waals surface area contributed by atoms with E-state index < -0.39 is 5.91 Å². The molecule has 0 bridgehead atoms. The number of nitrogens with two attached hydrogens (primary N) is 1. The summed E-state index contributed by atoms with van der Waals surface area (Å²) in [5.74, 6) is -0.403. The number of nitrogens with one attached hydrogen (secondary N) is 1. The summed E-state index contributed by atoms with van der Waals surface area (Å²) in [4.78, 5) is 15.4. The first kappa shape index (κ1) is 15.4. The van der Waals surface area contributed by atoms with Gasteiger partial charge in [0.2, 0.25) is 5.88 Å². The molecule has 1 aromatic carbocycles. The number of aromatic nitrogens is 1. The highest BCUT2D eigenvalue weighted by atomic mass is 35.5. The SMILES string of the molecule is COc1ncc(NCc2ccc(Cl)c(Cl)c2)cc1C(N)=O. The van der Waals surface area contributed by atoms with Gasteiger partial charge in [-0.1, -0.05) is 29.3 Å².